The summed E-state index contributed by atoms with van der Waals surface area (Å²) in [7, 11) is 0. The van der Waals surface area contributed by atoms with Crippen LogP contribution in [0.4, 0.5) is 0 Å². The second-order valence-electron chi connectivity index (χ2n) is 5.72. The third-order valence-electron chi connectivity index (χ3n) is 3.73. The summed E-state index contributed by atoms with van der Waals surface area (Å²) in [5.74, 6) is -0.737. The van der Waals surface area contributed by atoms with Crippen LogP contribution in [0, 0.1) is 5.92 Å². The fraction of sp³-hybridized carbons (Fsp3) is 0.846. The minimum atomic E-state index is -0.856. The monoisotopic (exact) mass is 256 g/mol. The number of rotatable bonds is 6. The summed E-state index contributed by atoms with van der Waals surface area (Å²) in [6.07, 6.45) is 3.73. The Morgan fingerprint density at radius 2 is 1.89 bits per heavy atom. The molecular weight excluding hydrogens is 232 g/mol. The lowest BCUT2D eigenvalue weighted by molar-refractivity contribution is -0.139. The van der Waals surface area contributed by atoms with Crippen LogP contribution >= 0.6 is 0 Å². The van der Waals surface area contributed by atoms with Gasteiger partial charge in [-0.15, -0.1) is 0 Å². The maximum absolute atomic E-state index is 11.9. The van der Waals surface area contributed by atoms with Crippen molar-refractivity contribution in [3.05, 3.63) is 0 Å². The second-order valence-corrected chi connectivity index (χ2v) is 5.72. The zero-order valence-corrected chi connectivity index (χ0v) is 11.2. The Labute approximate surface area is 108 Å². The van der Waals surface area contributed by atoms with Gasteiger partial charge in [-0.05, 0) is 18.8 Å². The van der Waals surface area contributed by atoms with Crippen molar-refractivity contribution in [3.63, 3.8) is 0 Å². The van der Waals surface area contributed by atoms with Crippen molar-refractivity contribution in [1.29, 1.82) is 0 Å². The van der Waals surface area contributed by atoms with Gasteiger partial charge in [0, 0.05) is 12.5 Å². The van der Waals surface area contributed by atoms with Crippen molar-refractivity contribution < 1.29 is 14.7 Å². The molecule has 0 aromatic rings. The lowest BCUT2D eigenvalue weighted by Gasteiger charge is -2.29. The first-order chi connectivity index (χ1) is 8.34. The number of hydrogen-bond acceptors (Lipinski definition) is 3. The van der Waals surface area contributed by atoms with Crippen molar-refractivity contribution in [2.24, 2.45) is 11.7 Å². The van der Waals surface area contributed by atoms with E-state index in [4.69, 9.17) is 10.8 Å². The number of amides is 1. The minimum absolute atomic E-state index is 0.00958. The van der Waals surface area contributed by atoms with Gasteiger partial charge in [-0.2, -0.15) is 0 Å². The molecule has 1 rings (SSSR count). The highest BCUT2D eigenvalue weighted by atomic mass is 16.4. The van der Waals surface area contributed by atoms with Crippen LogP contribution in [0.3, 0.4) is 0 Å². The van der Waals surface area contributed by atoms with Crippen LogP contribution in [0.1, 0.15) is 52.4 Å². The van der Waals surface area contributed by atoms with Crippen molar-refractivity contribution in [2.45, 2.75) is 64.0 Å². The summed E-state index contributed by atoms with van der Waals surface area (Å²) in [6.45, 7) is 3.95. The van der Waals surface area contributed by atoms with Crippen LogP contribution < -0.4 is 11.1 Å². The lowest BCUT2D eigenvalue weighted by Crippen LogP contribution is -2.49. The zero-order chi connectivity index (χ0) is 13.8. The molecule has 0 radical (unpaired) electrons. The van der Waals surface area contributed by atoms with Crippen LogP contribution in [0.15, 0.2) is 0 Å². The second kappa shape index (κ2) is 6.18. The Morgan fingerprint density at radius 3 is 2.33 bits per heavy atom. The third-order valence-corrected chi connectivity index (χ3v) is 3.73. The Hall–Kier alpha value is -1.10. The molecule has 5 heteroatoms. The molecule has 1 amide bonds. The fourth-order valence-corrected chi connectivity index (χ4v) is 2.48. The Morgan fingerprint density at radius 1 is 1.33 bits per heavy atom. The molecular formula is C13H24N2O3. The van der Waals surface area contributed by atoms with Gasteiger partial charge in [0.1, 0.15) is 0 Å². The summed E-state index contributed by atoms with van der Waals surface area (Å²) in [5.41, 5.74) is 5.32. The number of hydrogen-bond donors (Lipinski definition) is 3. The number of nitrogens with one attached hydrogen (secondary N) is 1. The molecule has 0 aromatic carbocycles. The van der Waals surface area contributed by atoms with Crippen molar-refractivity contribution in [2.75, 3.05) is 0 Å². The van der Waals surface area contributed by atoms with Gasteiger partial charge in [-0.3, -0.25) is 9.59 Å². The third kappa shape index (κ3) is 4.29. The SMILES string of the molecule is CC(C)C(N)CC(=O)NC1(CC(=O)O)CCCC1. The molecule has 1 fully saturated rings. The molecule has 1 aliphatic rings. The number of carboxylic acids is 1. The zero-order valence-electron chi connectivity index (χ0n) is 11.2. The van der Waals surface area contributed by atoms with Gasteiger partial charge in [-0.1, -0.05) is 26.7 Å². The number of nitrogens with two attached hydrogens (primary N) is 1. The predicted octanol–water partition coefficient (Wildman–Crippen LogP) is 1.26. The number of carbonyl (C=O) groups excluding carboxylic acids is 1. The van der Waals surface area contributed by atoms with E-state index in [0.29, 0.717) is 0 Å². The van der Waals surface area contributed by atoms with E-state index in [-0.39, 0.29) is 30.7 Å². The Kier molecular flexibility index (Phi) is 5.14. The van der Waals surface area contributed by atoms with Crippen molar-refractivity contribution >= 4 is 11.9 Å². The molecule has 0 saturated heterocycles. The number of aliphatic carboxylic acids is 1. The molecule has 0 aliphatic heterocycles. The van der Waals surface area contributed by atoms with Crippen LogP contribution in [0.2, 0.25) is 0 Å². The van der Waals surface area contributed by atoms with Crippen LogP contribution in [0.5, 0.6) is 0 Å². The maximum Gasteiger partial charge on any atom is 0.305 e. The normalized spacial score (nSPS) is 19.8. The molecule has 4 N–H and O–H groups in total. The topological polar surface area (TPSA) is 92.4 Å². The highest BCUT2D eigenvalue weighted by Crippen LogP contribution is 2.32. The van der Waals surface area contributed by atoms with Crippen molar-refractivity contribution in [1.82, 2.24) is 5.32 Å². The van der Waals surface area contributed by atoms with Gasteiger partial charge >= 0.3 is 5.97 Å². The molecule has 1 aliphatic carbocycles. The minimum Gasteiger partial charge on any atom is -0.481 e. The first kappa shape index (κ1) is 15.0. The highest BCUT2D eigenvalue weighted by Gasteiger charge is 2.37. The van der Waals surface area contributed by atoms with Gasteiger partial charge in [0.2, 0.25) is 5.91 Å². The summed E-state index contributed by atoms with van der Waals surface area (Å²) >= 11 is 0. The number of carbonyl (C=O) groups is 2. The summed E-state index contributed by atoms with van der Waals surface area (Å²) in [5, 5.41) is 11.9. The van der Waals surface area contributed by atoms with Crippen molar-refractivity contribution in [3.8, 4) is 0 Å². The molecule has 0 heterocycles. The van der Waals surface area contributed by atoms with Crippen LogP contribution in [0.25, 0.3) is 0 Å². The summed E-state index contributed by atoms with van der Waals surface area (Å²) in [6, 6.07) is -0.173. The van der Waals surface area contributed by atoms with Crippen LogP contribution in [-0.2, 0) is 9.59 Å². The molecule has 104 valence electrons. The van der Waals surface area contributed by atoms with E-state index in [1.165, 1.54) is 0 Å². The van der Waals surface area contributed by atoms with Gasteiger partial charge < -0.3 is 16.2 Å². The lowest BCUT2D eigenvalue weighted by atomic mass is 9.92. The van der Waals surface area contributed by atoms with E-state index in [9.17, 15) is 9.59 Å². The van der Waals surface area contributed by atoms with Gasteiger partial charge in [0.15, 0.2) is 0 Å². The fourth-order valence-electron chi connectivity index (χ4n) is 2.48. The Balaban J connectivity index is 2.56. The smallest absolute Gasteiger partial charge is 0.305 e. The number of carboxylic acid groups (broad SMARTS) is 1. The van der Waals surface area contributed by atoms with E-state index < -0.39 is 11.5 Å². The van der Waals surface area contributed by atoms with Gasteiger partial charge in [0.25, 0.3) is 0 Å². The molecule has 0 bridgehead atoms. The molecule has 1 saturated carbocycles. The molecule has 0 aromatic heterocycles. The van der Waals surface area contributed by atoms with E-state index >= 15 is 0 Å². The molecule has 1 unspecified atom stereocenters. The quantitative estimate of drug-likeness (QED) is 0.667. The standard InChI is InChI=1S/C13H24N2O3/c1-9(2)10(14)7-11(16)15-13(8-12(17)18)5-3-4-6-13/h9-10H,3-8,14H2,1-2H3,(H,15,16)(H,17,18). The molecule has 5 nitrogen and oxygen atoms in total. The van der Waals surface area contributed by atoms with Gasteiger partial charge in [-0.25, -0.2) is 0 Å². The first-order valence-electron chi connectivity index (χ1n) is 6.63. The first-order valence-corrected chi connectivity index (χ1v) is 6.63. The molecule has 18 heavy (non-hydrogen) atoms. The van der Waals surface area contributed by atoms with E-state index in [0.717, 1.165) is 25.7 Å². The van der Waals surface area contributed by atoms with Gasteiger partial charge in [0.05, 0.1) is 12.0 Å². The Bertz CT molecular complexity index is 309. The van der Waals surface area contributed by atoms with Crippen LogP contribution in [-0.4, -0.2) is 28.6 Å². The van der Waals surface area contributed by atoms with E-state index in [1.54, 1.807) is 0 Å². The van der Waals surface area contributed by atoms with E-state index in [1.807, 2.05) is 13.8 Å². The predicted molar refractivity (Wildman–Crippen MR) is 69.0 cm³/mol. The largest absolute Gasteiger partial charge is 0.481 e. The summed E-state index contributed by atoms with van der Waals surface area (Å²) in [4.78, 5) is 22.8. The highest BCUT2D eigenvalue weighted by molar-refractivity contribution is 5.79. The molecule has 1 atom stereocenters. The van der Waals surface area contributed by atoms with E-state index in [2.05, 4.69) is 5.32 Å². The average molecular weight is 256 g/mol. The maximum atomic E-state index is 11.9. The summed E-state index contributed by atoms with van der Waals surface area (Å²) < 4.78 is 0. The average Bonchev–Trinajstić information content (AvgIpc) is 2.64. The molecule has 0 spiro atoms.